The molecule has 98 valence electrons. The summed E-state index contributed by atoms with van der Waals surface area (Å²) in [6.07, 6.45) is 0.871. The Balaban J connectivity index is 2.42. The predicted molar refractivity (Wildman–Crippen MR) is 75.1 cm³/mol. The second-order valence-corrected chi connectivity index (χ2v) is 4.91. The summed E-state index contributed by atoms with van der Waals surface area (Å²) in [4.78, 5) is 14.7. The molecule has 0 atom stereocenters. The van der Waals surface area contributed by atoms with E-state index in [0.717, 1.165) is 12.3 Å². The summed E-state index contributed by atoms with van der Waals surface area (Å²) >= 11 is 1.96. The average Bonchev–Trinajstić information content (AvgIpc) is 2.32. The van der Waals surface area contributed by atoms with Gasteiger partial charge in [0, 0.05) is 9.64 Å². The van der Waals surface area contributed by atoms with Crippen molar-refractivity contribution in [3.63, 3.8) is 0 Å². The van der Waals surface area contributed by atoms with Gasteiger partial charge in [-0.3, -0.25) is 4.79 Å². The number of hydrogen-bond acceptors (Lipinski definition) is 3. The van der Waals surface area contributed by atoms with Crippen LogP contribution in [0.5, 0.6) is 0 Å². The van der Waals surface area contributed by atoms with Crippen LogP contribution in [0.2, 0.25) is 0 Å². The summed E-state index contributed by atoms with van der Waals surface area (Å²) < 4.78 is 27.5. The van der Waals surface area contributed by atoms with E-state index in [-0.39, 0.29) is 17.1 Å². The molecule has 0 aliphatic heterocycles. The maximum atomic E-state index is 13.7. The van der Waals surface area contributed by atoms with Crippen molar-refractivity contribution in [2.45, 2.75) is 0 Å². The molecule has 2 aromatic rings. The summed E-state index contributed by atoms with van der Waals surface area (Å²) in [6.45, 7) is 0. The van der Waals surface area contributed by atoms with Crippen LogP contribution in [0.4, 0.5) is 20.2 Å². The van der Waals surface area contributed by atoms with Gasteiger partial charge < -0.3 is 11.1 Å². The first-order valence-electron chi connectivity index (χ1n) is 5.15. The maximum absolute atomic E-state index is 13.7. The van der Waals surface area contributed by atoms with Gasteiger partial charge in [0.25, 0.3) is 5.91 Å². The number of primary amides is 1. The van der Waals surface area contributed by atoms with Gasteiger partial charge in [-0.05, 0) is 40.8 Å². The molecule has 1 aromatic carbocycles. The highest BCUT2D eigenvalue weighted by atomic mass is 127. The molecule has 2 rings (SSSR count). The molecule has 0 saturated heterocycles. The lowest BCUT2D eigenvalue weighted by Gasteiger charge is -2.10. The van der Waals surface area contributed by atoms with Crippen molar-refractivity contribution in [3.8, 4) is 0 Å². The van der Waals surface area contributed by atoms with E-state index < -0.39 is 17.5 Å². The number of rotatable bonds is 3. The first-order valence-corrected chi connectivity index (χ1v) is 6.22. The Morgan fingerprint density at radius 3 is 2.63 bits per heavy atom. The highest BCUT2D eigenvalue weighted by Crippen LogP contribution is 2.23. The molecule has 0 unspecified atom stereocenters. The molecule has 1 heterocycles. The van der Waals surface area contributed by atoms with Crippen molar-refractivity contribution in [1.29, 1.82) is 0 Å². The van der Waals surface area contributed by atoms with Gasteiger partial charge in [0.1, 0.15) is 11.6 Å². The van der Waals surface area contributed by atoms with Gasteiger partial charge in [0.2, 0.25) is 0 Å². The number of halogens is 3. The van der Waals surface area contributed by atoms with Gasteiger partial charge >= 0.3 is 0 Å². The van der Waals surface area contributed by atoms with Crippen molar-refractivity contribution in [2.75, 3.05) is 5.32 Å². The van der Waals surface area contributed by atoms with Crippen LogP contribution >= 0.6 is 22.6 Å². The lowest BCUT2D eigenvalue weighted by Crippen LogP contribution is -2.15. The zero-order valence-electron chi connectivity index (χ0n) is 9.45. The molecule has 0 aliphatic carbocycles. The van der Waals surface area contributed by atoms with Crippen LogP contribution in [0.1, 0.15) is 10.5 Å². The molecule has 1 amide bonds. The van der Waals surface area contributed by atoms with Crippen molar-refractivity contribution in [3.05, 3.63) is 51.4 Å². The number of benzene rings is 1. The highest BCUT2D eigenvalue weighted by molar-refractivity contribution is 14.1. The van der Waals surface area contributed by atoms with E-state index in [1.807, 2.05) is 22.6 Å². The number of carbonyl (C=O) groups excluding carboxylic acids is 1. The number of anilines is 2. The summed E-state index contributed by atoms with van der Waals surface area (Å²) in [5, 5.41) is 2.61. The Hall–Kier alpha value is -1.77. The van der Waals surface area contributed by atoms with Crippen LogP contribution in [-0.2, 0) is 0 Å². The fourth-order valence-corrected chi connectivity index (χ4v) is 1.92. The molecule has 3 N–H and O–H groups in total. The summed E-state index contributed by atoms with van der Waals surface area (Å²) in [7, 11) is 0. The van der Waals surface area contributed by atoms with Crippen molar-refractivity contribution < 1.29 is 13.6 Å². The van der Waals surface area contributed by atoms with E-state index in [1.54, 1.807) is 6.07 Å². The Kier molecular flexibility index (Phi) is 3.93. The SMILES string of the molecule is NC(=O)c1ncc(F)cc1Nc1ccc(I)cc1F. The van der Waals surface area contributed by atoms with Crippen LogP contribution in [0.15, 0.2) is 30.5 Å². The van der Waals surface area contributed by atoms with Crippen molar-refractivity contribution in [2.24, 2.45) is 5.73 Å². The van der Waals surface area contributed by atoms with Crippen LogP contribution in [-0.4, -0.2) is 10.9 Å². The minimum Gasteiger partial charge on any atom is -0.364 e. The van der Waals surface area contributed by atoms with Crippen LogP contribution < -0.4 is 11.1 Å². The predicted octanol–water partition coefficient (Wildman–Crippen LogP) is 2.81. The Bertz CT molecular complexity index is 649. The molecule has 7 heteroatoms. The molecule has 0 bridgehead atoms. The largest absolute Gasteiger partial charge is 0.364 e. The number of carbonyl (C=O) groups is 1. The second kappa shape index (κ2) is 5.47. The zero-order valence-corrected chi connectivity index (χ0v) is 11.6. The molecule has 1 aromatic heterocycles. The second-order valence-electron chi connectivity index (χ2n) is 3.66. The van der Waals surface area contributed by atoms with E-state index >= 15 is 0 Å². The van der Waals surface area contributed by atoms with Crippen LogP contribution in [0.3, 0.4) is 0 Å². The standard InChI is InChI=1S/C12H8F2IN3O/c13-6-3-10(11(12(16)19)17-5-6)18-9-2-1-7(15)4-8(9)14/h1-5,18H,(H2,16,19). The topological polar surface area (TPSA) is 68.0 Å². The normalized spacial score (nSPS) is 10.3. The third-order valence-corrected chi connectivity index (χ3v) is 2.96. The Morgan fingerprint density at radius 1 is 1.26 bits per heavy atom. The van der Waals surface area contributed by atoms with Crippen molar-refractivity contribution >= 4 is 39.9 Å². The maximum Gasteiger partial charge on any atom is 0.269 e. The fourth-order valence-electron chi connectivity index (χ4n) is 1.47. The number of nitrogens with two attached hydrogens (primary N) is 1. The molecular formula is C12H8F2IN3O. The molecule has 0 fully saturated rings. The zero-order chi connectivity index (χ0) is 14.0. The minimum absolute atomic E-state index is 0.0209. The fraction of sp³-hybridized carbons (Fsp3) is 0. The van der Waals surface area contributed by atoms with Crippen LogP contribution in [0, 0.1) is 15.2 Å². The van der Waals surface area contributed by atoms with E-state index in [1.165, 1.54) is 12.1 Å². The van der Waals surface area contributed by atoms with Crippen molar-refractivity contribution in [1.82, 2.24) is 4.98 Å². The molecule has 19 heavy (non-hydrogen) atoms. The number of nitrogens with zero attached hydrogens (tertiary/aromatic N) is 1. The molecular weight excluding hydrogens is 367 g/mol. The van der Waals surface area contributed by atoms with Gasteiger partial charge in [-0.1, -0.05) is 0 Å². The molecule has 0 aliphatic rings. The summed E-state index contributed by atoms with van der Waals surface area (Å²) in [5.74, 6) is -2.00. The first kappa shape index (κ1) is 13.7. The Labute approximate surface area is 121 Å². The monoisotopic (exact) mass is 375 g/mol. The van der Waals surface area contributed by atoms with Gasteiger partial charge in [-0.2, -0.15) is 0 Å². The third-order valence-electron chi connectivity index (χ3n) is 2.29. The van der Waals surface area contributed by atoms with E-state index in [4.69, 9.17) is 5.73 Å². The van der Waals surface area contributed by atoms with Crippen LogP contribution in [0.25, 0.3) is 0 Å². The number of pyridine rings is 1. The molecule has 4 nitrogen and oxygen atoms in total. The number of aromatic nitrogens is 1. The molecule has 0 radical (unpaired) electrons. The summed E-state index contributed by atoms with van der Waals surface area (Å²) in [5.41, 5.74) is 5.10. The van der Waals surface area contributed by atoms with E-state index in [2.05, 4.69) is 10.3 Å². The van der Waals surface area contributed by atoms with Gasteiger partial charge in [0.15, 0.2) is 5.69 Å². The van der Waals surface area contributed by atoms with Gasteiger partial charge in [-0.15, -0.1) is 0 Å². The van der Waals surface area contributed by atoms with E-state index in [0.29, 0.717) is 3.57 Å². The molecule has 0 spiro atoms. The van der Waals surface area contributed by atoms with Gasteiger partial charge in [-0.25, -0.2) is 13.8 Å². The molecule has 0 saturated carbocycles. The lowest BCUT2D eigenvalue weighted by molar-refractivity contribution is 0.0996. The highest BCUT2D eigenvalue weighted by Gasteiger charge is 2.13. The third kappa shape index (κ3) is 3.16. The Morgan fingerprint density at radius 2 is 2.00 bits per heavy atom. The quantitative estimate of drug-likeness (QED) is 0.811. The summed E-state index contributed by atoms with van der Waals surface area (Å²) in [6, 6.07) is 5.49. The average molecular weight is 375 g/mol. The van der Waals surface area contributed by atoms with E-state index in [9.17, 15) is 13.6 Å². The smallest absolute Gasteiger partial charge is 0.269 e. The van der Waals surface area contributed by atoms with Gasteiger partial charge in [0.05, 0.1) is 17.6 Å². The lowest BCUT2D eigenvalue weighted by atomic mass is 10.2. The number of amides is 1. The number of hydrogen-bond donors (Lipinski definition) is 2. The number of nitrogens with one attached hydrogen (secondary N) is 1. The minimum atomic E-state index is -0.826. The first-order chi connectivity index (χ1) is 8.97.